The molecule has 84 valence electrons. The Labute approximate surface area is 116 Å². The second kappa shape index (κ2) is 4.23. The second-order valence-electron chi connectivity index (χ2n) is 3.65. The highest BCUT2D eigenvalue weighted by molar-refractivity contribution is 14.1. The number of aromatic nitrogens is 2. The van der Waals surface area contributed by atoms with Crippen LogP contribution in [0.25, 0.3) is 21.5 Å². The summed E-state index contributed by atoms with van der Waals surface area (Å²) >= 11 is 3.81. The summed E-state index contributed by atoms with van der Waals surface area (Å²) < 4.78 is 0.997. The van der Waals surface area contributed by atoms with E-state index in [0.29, 0.717) is 0 Å². The number of halogens is 1. The number of nitrogens with two attached hydrogens (primary N) is 1. The summed E-state index contributed by atoms with van der Waals surface area (Å²) in [5.74, 6) is 0. The molecule has 5 heteroatoms. The Kier molecular flexibility index (Phi) is 2.71. The van der Waals surface area contributed by atoms with Crippen LogP contribution in [0.2, 0.25) is 0 Å². The minimum absolute atomic E-state index is 0.767. The molecule has 0 unspecified atom stereocenters. The second-order valence-corrected chi connectivity index (χ2v) is 5.61. The molecule has 0 saturated heterocycles. The maximum absolute atomic E-state index is 5.78. The van der Waals surface area contributed by atoms with Crippen LogP contribution in [0.1, 0.15) is 0 Å². The molecule has 0 aliphatic heterocycles. The number of fused-ring (bicyclic) bond motifs is 1. The summed E-state index contributed by atoms with van der Waals surface area (Å²) in [7, 11) is 0. The molecule has 3 aromatic rings. The molecule has 1 aromatic carbocycles. The largest absolute Gasteiger partial charge is 0.399 e. The number of thiazole rings is 1. The van der Waals surface area contributed by atoms with Crippen molar-refractivity contribution in [3.8, 4) is 10.7 Å². The number of benzene rings is 1. The van der Waals surface area contributed by atoms with Gasteiger partial charge in [-0.3, -0.25) is 4.98 Å². The van der Waals surface area contributed by atoms with E-state index in [1.807, 2.05) is 35.8 Å². The first-order valence-corrected chi connectivity index (χ1v) is 6.95. The highest BCUT2D eigenvalue weighted by Gasteiger charge is 2.05. The van der Waals surface area contributed by atoms with Gasteiger partial charge >= 0.3 is 0 Å². The molecule has 0 fully saturated rings. The fraction of sp³-hybridized carbons (Fsp3) is 0. The molecule has 3 nitrogen and oxygen atoms in total. The van der Waals surface area contributed by atoms with Crippen LogP contribution >= 0.6 is 33.9 Å². The Balaban J connectivity index is 2.18. The molecule has 2 N–H and O–H groups in total. The molecular formula is C12H8IN3S. The van der Waals surface area contributed by atoms with Gasteiger partial charge in [0.2, 0.25) is 0 Å². The van der Waals surface area contributed by atoms with Crippen LogP contribution in [0.3, 0.4) is 0 Å². The van der Waals surface area contributed by atoms with Crippen LogP contribution in [0.15, 0.2) is 35.8 Å². The van der Waals surface area contributed by atoms with Gasteiger partial charge in [0.1, 0.15) is 8.71 Å². The minimum atomic E-state index is 0.767. The predicted molar refractivity (Wildman–Crippen MR) is 80.0 cm³/mol. The van der Waals surface area contributed by atoms with Crippen LogP contribution in [0.5, 0.6) is 0 Å². The van der Waals surface area contributed by atoms with Gasteiger partial charge in [-0.1, -0.05) is 6.07 Å². The molecule has 0 aliphatic rings. The molecule has 0 saturated carbocycles. The lowest BCUT2D eigenvalue weighted by molar-refractivity contribution is 1.29. The predicted octanol–water partition coefficient (Wildman–Crippen LogP) is 3.55. The van der Waals surface area contributed by atoms with E-state index in [-0.39, 0.29) is 0 Å². The summed E-state index contributed by atoms with van der Waals surface area (Å²) in [6.07, 6.45) is 1.86. The van der Waals surface area contributed by atoms with Crippen molar-refractivity contribution in [2.45, 2.75) is 0 Å². The van der Waals surface area contributed by atoms with E-state index in [4.69, 9.17) is 5.73 Å². The molecule has 3 rings (SSSR count). The normalized spacial score (nSPS) is 10.9. The van der Waals surface area contributed by atoms with Gasteiger partial charge in [0.25, 0.3) is 0 Å². The number of nitrogen functional groups attached to an aromatic ring is 1. The van der Waals surface area contributed by atoms with E-state index < -0.39 is 0 Å². The lowest BCUT2D eigenvalue weighted by atomic mass is 10.1. The van der Waals surface area contributed by atoms with E-state index >= 15 is 0 Å². The Morgan fingerprint density at radius 2 is 2.06 bits per heavy atom. The fourth-order valence-electron chi connectivity index (χ4n) is 1.65. The van der Waals surface area contributed by atoms with Crippen molar-refractivity contribution in [1.29, 1.82) is 0 Å². The van der Waals surface area contributed by atoms with E-state index in [1.165, 1.54) is 0 Å². The summed E-state index contributed by atoms with van der Waals surface area (Å²) in [4.78, 5) is 8.85. The summed E-state index contributed by atoms with van der Waals surface area (Å²) in [6, 6.07) is 7.85. The zero-order valence-electron chi connectivity index (χ0n) is 8.72. The van der Waals surface area contributed by atoms with Crippen molar-refractivity contribution in [3.05, 3.63) is 39.5 Å². The van der Waals surface area contributed by atoms with E-state index in [9.17, 15) is 0 Å². The first-order chi connectivity index (χ1) is 8.22. The van der Waals surface area contributed by atoms with Gasteiger partial charge in [-0.15, -0.1) is 11.3 Å². The monoisotopic (exact) mass is 353 g/mol. The Morgan fingerprint density at radius 3 is 2.82 bits per heavy atom. The van der Waals surface area contributed by atoms with Gasteiger partial charge in [-0.05, 0) is 46.2 Å². The first kappa shape index (κ1) is 10.9. The van der Waals surface area contributed by atoms with E-state index in [0.717, 1.165) is 30.9 Å². The number of hydrogen-bond donors (Lipinski definition) is 1. The number of pyridine rings is 1. The van der Waals surface area contributed by atoms with Crippen LogP contribution in [0, 0.1) is 3.70 Å². The zero-order chi connectivity index (χ0) is 11.8. The van der Waals surface area contributed by atoms with Crippen LogP contribution < -0.4 is 5.73 Å². The molecular weight excluding hydrogens is 345 g/mol. The zero-order valence-corrected chi connectivity index (χ0v) is 11.7. The molecule has 0 radical (unpaired) electrons. The third kappa shape index (κ3) is 2.12. The van der Waals surface area contributed by atoms with Gasteiger partial charge < -0.3 is 5.73 Å². The smallest absolute Gasteiger partial charge is 0.143 e. The third-order valence-corrected chi connectivity index (χ3v) is 4.28. The number of hydrogen-bond acceptors (Lipinski definition) is 4. The van der Waals surface area contributed by atoms with Crippen molar-refractivity contribution in [3.63, 3.8) is 0 Å². The lowest BCUT2D eigenvalue weighted by Gasteiger charge is -2.01. The number of rotatable bonds is 1. The van der Waals surface area contributed by atoms with Crippen molar-refractivity contribution in [1.82, 2.24) is 9.97 Å². The van der Waals surface area contributed by atoms with Gasteiger partial charge in [0.15, 0.2) is 0 Å². The van der Waals surface area contributed by atoms with Crippen molar-refractivity contribution in [2.24, 2.45) is 0 Å². The standard InChI is InChI=1S/C12H8IN3S/c13-11-6-17-12(16-11)10-4-8-3-9(14)2-1-7(8)5-15-10/h1-6H,14H2. The van der Waals surface area contributed by atoms with Crippen LogP contribution in [-0.2, 0) is 0 Å². The highest BCUT2D eigenvalue weighted by Crippen LogP contribution is 2.26. The SMILES string of the molecule is Nc1ccc2cnc(-c3nc(I)cs3)cc2c1. The van der Waals surface area contributed by atoms with Gasteiger partial charge in [-0.25, -0.2) is 4.98 Å². The Hall–Kier alpha value is -1.21. The molecule has 0 spiro atoms. The van der Waals surface area contributed by atoms with Gasteiger partial charge in [0.05, 0.1) is 5.69 Å². The van der Waals surface area contributed by atoms with Crippen LogP contribution in [0.4, 0.5) is 5.69 Å². The van der Waals surface area contributed by atoms with Crippen molar-refractivity contribution < 1.29 is 0 Å². The van der Waals surface area contributed by atoms with Crippen molar-refractivity contribution in [2.75, 3.05) is 5.73 Å². The molecule has 0 aliphatic carbocycles. The van der Waals surface area contributed by atoms with Crippen LogP contribution in [-0.4, -0.2) is 9.97 Å². The van der Waals surface area contributed by atoms with Gasteiger partial charge in [-0.2, -0.15) is 0 Å². The number of nitrogens with zero attached hydrogens (tertiary/aromatic N) is 2. The average molecular weight is 353 g/mol. The summed E-state index contributed by atoms with van der Waals surface area (Å²) in [5, 5.41) is 5.15. The van der Waals surface area contributed by atoms with E-state index in [1.54, 1.807) is 11.3 Å². The molecule has 17 heavy (non-hydrogen) atoms. The molecule has 0 bridgehead atoms. The molecule has 2 aromatic heterocycles. The maximum atomic E-state index is 5.78. The maximum Gasteiger partial charge on any atom is 0.143 e. The minimum Gasteiger partial charge on any atom is -0.399 e. The lowest BCUT2D eigenvalue weighted by Crippen LogP contribution is -1.87. The third-order valence-electron chi connectivity index (χ3n) is 2.44. The van der Waals surface area contributed by atoms with Gasteiger partial charge in [0, 0.05) is 22.7 Å². The quantitative estimate of drug-likeness (QED) is 0.538. The Bertz CT molecular complexity index is 693. The molecule has 0 amide bonds. The Morgan fingerprint density at radius 1 is 1.18 bits per heavy atom. The molecule has 2 heterocycles. The van der Waals surface area contributed by atoms with E-state index in [2.05, 4.69) is 32.6 Å². The summed E-state index contributed by atoms with van der Waals surface area (Å²) in [6.45, 7) is 0. The fourth-order valence-corrected chi connectivity index (χ4v) is 3.08. The topological polar surface area (TPSA) is 51.8 Å². The first-order valence-electron chi connectivity index (χ1n) is 4.99. The highest BCUT2D eigenvalue weighted by atomic mass is 127. The summed E-state index contributed by atoms with van der Waals surface area (Å²) in [5.41, 5.74) is 7.45. The molecule has 0 atom stereocenters. The van der Waals surface area contributed by atoms with Crippen molar-refractivity contribution >= 4 is 50.4 Å². The average Bonchev–Trinajstić information content (AvgIpc) is 2.75. The number of anilines is 1.